The van der Waals surface area contributed by atoms with E-state index in [1.807, 2.05) is 0 Å². The Bertz CT molecular complexity index is 1430. The van der Waals surface area contributed by atoms with Gasteiger partial charge in [0.05, 0.1) is 13.2 Å². The predicted octanol–water partition coefficient (Wildman–Crippen LogP) is 15.5. The maximum absolute atomic E-state index is 12.7. The lowest BCUT2D eigenvalue weighted by atomic mass is 10.0. The molecule has 65 heavy (non-hydrogen) atoms. The van der Waals surface area contributed by atoms with Crippen LogP contribution in [0.2, 0.25) is 0 Å². The van der Waals surface area contributed by atoms with Crippen LogP contribution in [0.4, 0.5) is 0 Å². The van der Waals surface area contributed by atoms with E-state index < -0.39 is 32.5 Å². The monoisotopic (exact) mass is 926 g/mol. The molecule has 0 radical (unpaired) electrons. The number of rotatable bonds is 46. The zero-order chi connectivity index (χ0) is 47.4. The van der Waals surface area contributed by atoms with Crippen molar-refractivity contribution in [3.8, 4) is 0 Å². The summed E-state index contributed by atoms with van der Waals surface area (Å²) in [4.78, 5) is 35.0. The minimum absolute atomic E-state index is 0.0444. The molecule has 0 bridgehead atoms. The Morgan fingerprint density at radius 3 is 1.18 bits per heavy atom. The Labute approximate surface area is 397 Å². The van der Waals surface area contributed by atoms with Crippen molar-refractivity contribution in [2.24, 2.45) is 5.73 Å². The molecule has 0 rings (SSSR count). The third kappa shape index (κ3) is 49.9. The molecule has 0 aromatic rings. The molecular formula is C55H92NO8P. The molecule has 10 heteroatoms. The standard InChI is InChI=1S/C55H92NO8P/c1-3-5-7-9-11-13-15-17-19-20-21-22-23-24-25-26-27-28-29-30-31-32-34-36-38-40-42-44-46-48-55(58)64-53(52-63-65(59,60)62-50-49-56)51-61-54(57)47-45-43-41-39-37-35-33-18-16-14-12-10-8-6-4-2/h5-8,11-14,17-19,21-22,24-25,27-28,33,53H,3-4,9-10,15-16,20,23,26,29-32,34-52,56H2,1-2H3,(H,59,60)/b7-5-,8-6-,13-11-,14-12-,19-17-,22-21-,25-24-,28-27-,33-18-. The first-order chi connectivity index (χ1) is 31.8. The first kappa shape index (κ1) is 61.7. The number of carbonyl (C=O) groups excluding carboxylic acids is 2. The van der Waals surface area contributed by atoms with Crippen LogP contribution in [0.3, 0.4) is 0 Å². The van der Waals surface area contributed by atoms with E-state index in [2.05, 4.69) is 123 Å². The highest BCUT2D eigenvalue weighted by Crippen LogP contribution is 2.43. The second-order valence-corrected chi connectivity index (χ2v) is 17.7. The zero-order valence-corrected chi connectivity index (χ0v) is 41.8. The summed E-state index contributed by atoms with van der Waals surface area (Å²) < 4.78 is 32.9. The molecule has 9 nitrogen and oxygen atoms in total. The van der Waals surface area contributed by atoms with Crippen LogP contribution in [0.15, 0.2) is 109 Å². The van der Waals surface area contributed by atoms with Gasteiger partial charge in [0.25, 0.3) is 0 Å². The largest absolute Gasteiger partial charge is 0.472 e. The average Bonchev–Trinajstić information content (AvgIpc) is 3.30. The van der Waals surface area contributed by atoms with Crippen LogP contribution in [0.5, 0.6) is 0 Å². The molecule has 0 amide bonds. The van der Waals surface area contributed by atoms with E-state index in [4.69, 9.17) is 24.3 Å². The van der Waals surface area contributed by atoms with E-state index in [0.29, 0.717) is 12.8 Å². The number of unbranched alkanes of at least 4 members (excludes halogenated alkanes) is 15. The van der Waals surface area contributed by atoms with Gasteiger partial charge in [0, 0.05) is 19.4 Å². The summed E-state index contributed by atoms with van der Waals surface area (Å²) >= 11 is 0. The number of ether oxygens (including phenoxy) is 2. The van der Waals surface area contributed by atoms with Gasteiger partial charge in [-0.05, 0) is 96.3 Å². The maximum Gasteiger partial charge on any atom is 0.472 e. The van der Waals surface area contributed by atoms with Gasteiger partial charge in [-0.25, -0.2) is 4.57 Å². The van der Waals surface area contributed by atoms with Crippen molar-refractivity contribution in [1.82, 2.24) is 0 Å². The number of hydrogen-bond donors (Lipinski definition) is 2. The van der Waals surface area contributed by atoms with Gasteiger partial charge < -0.3 is 20.1 Å². The summed E-state index contributed by atoms with van der Waals surface area (Å²) in [6, 6.07) is 0. The lowest BCUT2D eigenvalue weighted by Crippen LogP contribution is -2.29. The van der Waals surface area contributed by atoms with E-state index in [9.17, 15) is 19.0 Å². The second kappa shape index (κ2) is 50.1. The number of allylic oxidation sites excluding steroid dienone is 18. The molecule has 370 valence electrons. The number of carbonyl (C=O) groups is 2. The van der Waals surface area contributed by atoms with Crippen molar-refractivity contribution in [3.05, 3.63) is 109 Å². The minimum Gasteiger partial charge on any atom is -0.462 e. The molecular weight excluding hydrogens is 834 g/mol. The van der Waals surface area contributed by atoms with Gasteiger partial charge in [-0.15, -0.1) is 0 Å². The van der Waals surface area contributed by atoms with Gasteiger partial charge in [-0.2, -0.15) is 0 Å². The summed E-state index contributed by atoms with van der Waals surface area (Å²) in [7, 11) is -4.39. The summed E-state index contributed by atoms with van der Waals surface area (Å²) in [5.74, 6) is -0.861. The van der Waals surface area contributed by atoms with Gasteiger partial charge >= 0.3 is 19.8 Å². The van der Waals surface area contributed by atoms with Crippen LogP contribution in [0.25, 0.3) is 0 Å². The van der Waals surface area contributed by atoms with Gasteiger partial charge in [-0.3, -0.25) is 18.6 Å². The van der Waals surface area contributed by atoms with Crippen molar-refractivity contribution in [3.63, 3.8) is 0 Å². The van der Waals surface area contributed by atoms with Gasteiger partial charge in [0.1, 0.15) is 6.61 Å². The fourth-order valence-electron chi connectivity index (χ4n) is 6.48. The highest BCUT2D eigenvalue weighted by atomic mass is 31.2. The van der Waals surface area contributed by atoms with Crippen molar-refractivity contribution < 1.29 is 37.6 Å². The molecule has 0 aliphatic rings. The second-order valence-electron chi connectivity index (χ2n) is 16.3. The van der Waals surface area contributed by atoms with Crippen molar-refractivity contribution in [2.45, 2.75) is 200 Å². The Kier molecular flexibility index (Phi) is 47.5. The van der Waals surface area contributed by atoms with Crippen LogP contribution in [0, 0.1) is 0 Å². The Morgan fingerprint density at radius 1 is 0.462 bits per heavy atom. The van der Waals surface area contributed by atoms with Gasteiger partial charge in [0.2, 0.25) is 0 Å². The Balaban J connectivity index is 4.06. The van der Waals surface area contributed by atoms with Gasteiger partial charge in [-0.1, -0.05) is 194 Å². The van der Waals surface area contributed by atoms with Crippen LogP contribution in [0.1, 0.15) is 194 Å². The number of esters is 2. The smallest absolute Gasteiger partial charge is 0.462 e. The Hall–Kier alpha value is -3.33. The highest BCUT2D eigenvalue weighted by molar-refractivity contribution is 7.47. The van der Waals surface area contributed by atoms with Crippen molar-refractivity contribution in [2.75, 3.05) is 26.4 Å². The van der Waals surface area contributed by atoms with E-state index in [-0.39, 0.29) is 32.6 Å². The van der Waals surface area contributed by atoms with E-state index in [1.54, 1.807) is 0 Å². The van der Waals surface area contributed by atoms with Gasteiger partial charge in [0.15, 0.2) is 6.10 Å². The first-order valence-corrected chi connectivity index (χ1v) is 26.9. The summed E-state index contributed by atoms with van der Waals surface area (Å²) in [5.41, 5.74) is 5.36. The Morgan fingerprint density at radius 2 is 0.800 bits per heavy atom. The molecule has 0 aliphatic heterocycles. The normalized spacial score (nSPS) is 14.1. The fraction of sp³-hybridized carbons (Fsp3) is 0.636. The topological polar surface area (TPSA) is 134 Å². The van der Waals surface area contributed by atoms with Crippen molar-refractivity contribution in [1.29, 1.82) is 0 Å². The van der Waals surface area contributed by atoms with Crippen LogP contribution >= 0.6 is 7.82 Å². The van der Waals surface area contributed by atoms with Crippen molar-refractivity contribution >= 4 is 19.8 Å². The number of phosphoric ester groups is 1. The molecule has 3 N–H and O–H groups in total. The van der Waals surface area contributed by atoms with E-state index in [1.165, 1.54) is 38.5 Å². The van der Waals surface area contributed by atoms with Crippen LogP contribution < -0.4 is 5.73 Å². The molecule has 0 saturated carbocycles. The zero-order valence-electron chi connectivity index (χ0n) is 40.9. The fourth-order valence-corrected chi connectivity index (χ4v) is 7.24. The lowest BCUT2D eigenvalue weighted by molar-refractivity contribution is -0.161. The third-order valence-corrected chi connectivity index (χ3v) is 11.1. The SMILES string of the molecule is CC/C=C\C/C=C\C/C=C\C/C=C\C/C=C\C/C=C\CCCCCCCCCCCCC(=O)OC(COC(=O)CCCCCCC/C=C\C/C=C\C/C=C\CC)COP(=O)(O)OCCN. The van der Waals surface area contributed by atoms with E-state index >= 15 is 0 Å². The summed E-state index contributed by atoms with van der Waals surface area (Å²) in [5, 5.41) is 0. The van der Waals surface area contributed by atoms with Crippen LogP contribution in [-0.4, -0.2) is 49.3 Å². The first-order valence-electron chi connectivity index (χ1n) is 25.4. The van der Waals surface area contributed by atoms with Crippen LogP contribution in [-0.2, 0) is 32.7 Å². The molecule has 0 fully saturated rings. The molecule has 0 heterocycles. The quantitative estimate of drug-likeness (QED) is 0.0265. The number of phosphoric acid groups is 1. The number of nitrogens with two attached hydrogens (primary N) is 1. The maximum atomic E-state index is 12.7. The predicted molar refractivity (Wildman–Crippen MR) is 275 cm³/mol. The van der Waals surface area contributed by atoms with E-state index in [0.717, 1.165) is 116 Å². The molecule has 0 saturated heterocycles. The number of hydrogen-bond acceptors (Lipinski definition) is 8. The third-order valence-electron chi connectivity index (χ3n) is 10.2. The molecule has 0 aromatic carbocycles. The average molecular weight is 926 g/mol. The molecule has 0 aromatic heterocycles. The molecule has 0 aliphatic carbocycles. The molecule has 2 unspecified atom stereocenters. The summed E-state index contributed by atoms with van der Waals surface area (Å²) in [6.07, 6.45) is 67.0. The lowest BCUT2D eigenvalue weighted by Gasteiger charge is -2.19. The highest BCUT2D eigenvalue weighted by Gasteiger charge is 2.26. The summed E-state index contributed by atoms with van der Waals surface area (Å²) in [6.45, 7) is 3.47. The molecule has 0 spiro atoms. The minimum atomic E-state index is -4.39. The molecule has 2 atom stereocenters.